The Labute approximate surface area is 168 Å². The second kappa shape index (κ2) is 8.34. The maximum Gasteiger partial charge on any atom is 0.325 e. The topological polar surface area (TPSA) is 94.0 Å². The van der Waals surface area contributed by atoms with E-state index in [9.17, 15) is 9.59 Å². The van der Waals surface area contributed by atoms with Crippen molar-refractivity contribution in [3.63, 3.8) is 0 Å². The van der Waals surface area contributed by atoms with Gasteiger partial charge < -0.3 is 14.7 Å². The summed E-state index contributed by atoms with van der Waals surface area (Å²) < 4.78 is 0. The fourth-order valence-corrected chi connectivity index (χ4v) is 4.62. The average Bonchev–Trinajstić information content (AvgIpc) is 2.88. The summed E-state index contributed by atoms with van der Waals surface area (Å²) >= 11 is 1.55. The van der Waals surface area contributed by atoms with Crippen LogP contribution in [-0.2, 0) is 4.79 Å². The van der Waals surface area contributed by atoms with Gasteiger partial charge in [0, 0.05) is 44.8 Å². The molecule has 0 aliphatic carbocycles. The molecule has 0 radical (unpaired) electrons. The Morgan fingerprint density at radius 1 is 1.14 bits per heavy atom. The number of carbonyl (C=O) groups excluding carboxylic acids is 2. The summed E-state index contributed by atoms with van der Waals surface area (Å²) in [5.74, 6) is 1.29. The van der Waals surface area contributed by atoms with Gasteiger partial charge >= 0.3 is 6.03 Å². The third-order valence-corrected chi connectivity index (χ3v) is 6.19. The second-order valence-corrected chi connectivity index (χ2v) is 8.23. The van der Waals surface area contributed by atoms with Crippen LogP contribution >= 0.6 is 11.8 Å². The van der Waals surface area contributed by atoms with Crippen LogP contribution in [0.5, 0.6) is 0 Å². The van der Waals surface area contributed by atoms with Crippen molar-refractivity contribution in [2.24, 2.45) is 4.99 Å². The molecule has 0 saturated carbocycles. The minimum atomic E-state index is -0.488. The highest BCUT2D eigenvalue weighted by molar-refractivity contribution is 7.99. The van der Waals surface area contributed by atoms with Crippen LogP contribution in [0, 0.1) is 0 Å². The number of rotatable bonds is 4. The molecule has 1 aromatic heterocycles. The highest BCUT2D eigenvalue weighted by Crippen LogP contribution is 2.27. The van der Waals surface area contributed by atoms with Crippen molar-refractivity contribution >= 4 is 29.7 Å². The van der Waals surface area contributed by atoms with Crippen LogP contribution in [0.15, 0.2) is 28.6 Å². The number of guanidine groups is 1. The molecule has 2 fully saturated rings. The lowest BCUT2D eigenvalue weighted by molar-refractivity contribution is -0.127. The summed E-state index contributed by atoms with van der Waals surface area (Å²) in [5.41, 5.74) is 0. The number of carbonyl (C=O) groups is 2. The van der Waals surface area contributed by atoms with Crippen molar-refractivity contribution in [1.29, 1.82) is 0 Å². The minimum absolute atomic E-state index is 0.275. The van der Waals surface area contributed by atoms with Gasteiger partial charge in [-0.05, 0) is 18.9 Å². The van der Waals surface area contributed by atoms with Gasteiger partial charge in [-0.15, -0.1) is 0 Å². The van der Waals surface area contributed by atoms with E-state index in [4.69, 9.17) is 4.99 Å². The molecule has 2 saturated heterocycles. The summed E-state index contributed by atoms with van der Waals surface area (Å²) in [6.07, 6.45) is 7.65. The smallest absolute Gasteiger partial charge is 0.325 e. The molecule has 1 aromatic rings. The molecule has 3 aliphatic heterocycles. The van der Waals surface area contributed by atoms with Crippen LogP contribution in [-0.4, -0.2) is 87.2 Å². The Morgan fingerprint density at radius 3 is 2.57 bits per heavy atom. The van der Waals surface area contributed by atoms with E-state index in [0.29, 0.717) is 11.7 Å². The molecule has 10 heteroatoms. The summed E-state index contributed by atoms with van der Waals surface area (Å²) in [6.45, 7) is 2.50. The number of hydrogen-bond acceptors (Lipinski definition) is 8. The summed E-state index contributed by atoms with van der Waals surface area (Å²) in [5, 5.41) is 3.17. The van der Waals surface area contributed by atoms with Crippen LogP contribution in [0.25, 0.3) is 0 Å². The van der Waals surface area contributed by atoms with Crippen molar-refractivity contribution < 1.29 is 9.59 Å². The molecule has 2 atom stereocenters. The quantitative estimate of drug-likeness (QED) is 0.592. The molecule has 0 spiro atoms. The number of nitrogens with zero attached hydrogens (tertiary/aromatic N) is 6. The fraction of sp³-hybridized carbons (Fsp3) is 0.611. The zero-order valence-electron chi connectivity index (χ0n) is 16.0. The Kier molecular flexibility index (Phi) is 5.65. The lowest BCUT2D eigenvalue weighted by Crippen LogP contribution is -2.64. The summed E-state index contributed by atoms with van der Waals surface area (Å²) in [7, 11) is 1.69. The fourth-order valence-electron chi connectivity index (χ4n) is 3.88. The van der Waals surface area contributed by atoms with Gasteiger partial charge in [0.25, 0.3) is 5.91 Å². The number of fused-ring (bicyclic) bond motifs is 1. The lowest BCUT2D eigenvalue weighted by atomic mass is 10.1. The Balaban J connectivity index is 1.53. The number of aromatic nitrogens is 2. The van der Waals surface area contributed by atoms with E-state index in [1.807, 2.05) is 0 Å². The van der Waals surface area contributed by atoms with Gasteiger partial charge in [-0.25, -0.2) is 19.8 Å². The molecule has 1 N–H and O–H groups in total. The molecule has 28 heavy (non-hydrogen) atoms. The summed E-state index contributed by atoms with van der Waals surface area (Å²) in [4.78, 5) is 43.9. The lowest BCUT2D eigenvalue weighted by Gasteiger charge is -2.37. The van der Waals surface area contributed by atoms with Crippen molar-refractivity contribution in [2.75, 3.05) is 32.4 Å². The molecule has 2 unspecified atom stereocenters. The largest absolute Gasteiger partial charge is 0.343 e. The number of nitrogens with one attached hydrogen (secondary N) is 1. The molecule has 4 heterocycles. The monoisotopic (exact) mass is 403 g/mol. The molecule has 0 aromatic carbocycles. The molecule has 3 aliphatic rings. The van der Waals surface area contributed by atoms with Gasteiger partial charge in [-0.3, -0.25) is 10.1 Å². The van der Waals surface area contributed by atoms with E-state index in [2.05, 4.69) is 25.1 Å². The predicted molar refractivity (Wildman–Crippen MR) is 106 cm³/mol. The van der Waals surface area contributed by atoms with Crippen LogP contribution in [0.4, 0.5) is 4.79 Å². The highest BCUT2D eigenvalue weighted by atomic mass is 32.2. The van der Waals surface area contributed by atoms with Crippen LogP contribution in [0.1, 0.15) is 25.7 Å². The standard InChI is InChI=1S/C18H25N7O2S/c1-23-14-13(15(26)22-18(23)27)25(11-12-28-16-19-7-6-8-20-16)17(21-14)24-9-4-2-3-5-10-24/h6-8,13-14H,2-5,9-12H2,1H3,(H,22,26,27). The maximum absolute atomic E-state index is 12.6. The average molecular weight is 404 g/mol. The molecular weight excluding hydrogens is 378 g/mol. The van der Waals surface area contributed by atoms with E-state index >= 15 is 0 Å². The van der Waals surface area contributed by atoms with Crippen molar-refractivity contribution in [1.82, 2.24) is 30.0 Å². The number of amides is 3. The van der Waals surface area contributed by atoms with Gasteiger partial charge in [0.05, 0.1) is 0 Å². The zero-order valence-corrected chi connectivity index (χ0v) is 16.8. The van der Waals surface area contributed by atoms with E-state index in [1.54, 1.807) is 37.3 Å². The van der Waals surface area contributed by atoms with Crippen molar-refractivity contribution in [3.05, 3.63) is 18.5 Å². The Hall–Kier alpha value is -2.36. The Bertz CT molecular complexity index is 752. The van der Waals surface area contributed by atoms with Gasteiger partial charge in [-0.1, -0.05) is 24.6 Å². The van der Waals surface area contributed by atoms with E-state index in [-0.39, 0.29) is 11.9 Å². The molecule has 4 rings (SSSR count). The number of likely N-dealkylation sites (N-methyl/N-ethyl adjacent to an activating group) is 1. The van der Waals surface area contributed by atoms with Gasteiger partial charge in [-0.2, -0.15) is 0 Å². The molecular formula is C18H25N7O2S. The number of aliphatic imine (C=N–C) groups is 1. The molecule has 9 nitrogen and oxygen atoms in total. The first-order valence-electron chi connectivity index (χ1n) is 9.72. The third kappa shape index (κ3) is 3.78. The first-order valence-corrected chi connectivity index (χ1v) is 10.7. The van der Waals surface area contributed by atoms with E-state index in [1.165, 1.54) is 17.7 Å². The number of imide groups is 1. The van der Waals surface area contributed by atoms with E-state index < -0.39 is 12.2 Å². The van der Waals surface area contributed by atoms with Gasteiger partial charge in [0.15, 0.2) is 23.3 Å². The SMILES string of the molecule is CN1C(=O)NC(=O)C2C1N=C(N1CCCCCC1)N2CCSc1ncccn1. The number of thioether (sulfide) groups is 1. The second-order valence-electron chi connectivity index (χ2n) is 7.17. The Morgan fingerprint density at radius 2 is 1.86 bits per heavy atom. The maximum atomic E-state index is 12.6. The number of urea groups is 1. The zero-order chi connectivity index (χ0) is 19.5. The van der Waals surface area contributed by atoms with E-state index in [0.717, 1.165) is 37.6 Å². The summed E-state index contributed by atoms with van der Waals surface area (Å²) in [6, 6.07) is 0.913. The minimum Gasteiger partial charge on any atom is -0.343 e. The van der Waals surface area contributed by atoms with Crippen LogP contribution < -0.4 is 5.32 Å². The molecule has 0 bridgehead atoms. The van der Waals surface area contributed by atoms with Crippen molar-refractivity contribution in [3.8, 4) is 0 Å². The predicted octanol–water partition coefficient (Wildman–Crippen LogP) is 0.993. The highest BCUT2D eigenvalue weighted by Gasteiger charge is 2.49. The number of hydrogen-bond donors (Lipinski definition) is 1. The third-order valence-electron chi connectivity index (χ3n) is 5.33. The van der Waals surface area contributed by atoms with Gasteiger partial charge in [0.2, 0.25) is 0 Å². The van der Waals surface area contributed by atoms with Crippen molar-refractivity contribution in [2.45, 2.75) is 43.0 Å². The first-order chi connectivity index (χ1) is 13.6. The van der Waals surface area contributed by atoms with Crippen LogP contribution in [0.3, 0.4) is 0 Å². The molecule has 3 amide bonds. The van der Waals surface area contributed by atoms with Gasteiger partial charge in [0.1, 0.15) is 0 Å². The normalized spacial score (nSPS) is 25.3. The molecule has 150 valence electrons. The van der Waals surface area contributed by atoms with Crippen LogP contribution in [0.2, 0.25) is 0 Å². The first kappa shape index (κ1) is 19.0. The number of likely N-dealkylation sites (tertiary alicyclic amines) is 1.